The Morgan fingerprint density at radius 1 is 1.56 bits per heavy atom. The Kier molecular flexibility index (Phi) is 4.81. The molecule has 0 aromatic heterocycles. The van der Waals surface area contributed by atoms with Gasteiger partial charge in [-0.3, -0.25) is 4.79 Å². The maximum atomic E-state index is 12.4. The van der Waals surface area contributed by atoms with Crippen LogP contribution in [0.15, 0.2) is 0 Å². The predicted octanol–water partition coefficient (Wildman–Crippen LogP) is 1.18. The molecule has 0 bridgehead atoms. The molecule has 92 valence electrons. The molecule has 1 amide bonds. The van der Waals surface area contributed by atoms with Crippen molar-refractivity contribution in [2.45, 2.75) is 44.4 Å². The molecular weight excluding hydrogens is 221 g/mol. The van der Waals surface area contributed by atoms with Crippen molar-refractivity contribution in [1.82, 2.24) is 5.32 Å². The quantitative estimate of drug-likeness (QED) is 0.720. The van der Waals surface area contributed by atoms with Crippen LogP contribution in [0.3, 0.4) is 0 Å². The zero-order valence-electron chi connectivity index (χ0n) is 9.19. The number of alkyl halides is 3. The molecule has 6 heteroatoms. The zero-order chi connectivity index (χ0) is 13.0. The van der Waals surface area contributed by atoms with Crippen molar-refractivity contribution < 1.29 is 18.0 Å². The van der Waals surface area contributed by atoms with Gasteiger partial charge in [0, 0.05) is 0 Å². The fourth-order valence-electron chi connectivity index (χ4n) is 0.923. The van der Waals surface area contributed by atoms with Crippen LogP contribution in [0.4, 0.5) is 13.2 Å². The summed E-state index contributed by atoms with van der Waals surface area (Å²) in [6, 6.07) is -0.720. The smallest absolute Gasteiger partial charge is 0.341 e. The number of carbonyl (C=O) groups excluding carboxylic acids is 1. The number of hydrogen-bond donors (Lipinski definition) is 2. The first kappa shape index (κ1) is 14.8. The lowest BCUT2D eigenvalue weighted by atomic mass is 10.0. The van der Waals surface area contributed by atoms with Crippen LogP contribution in [0.25, 0.3) is 0 Å². The monoisotopic (exact) mass is 236 g/mol. The maximum absolute atomic E-state index is 12.4. The van der Waals surface area contributed by atoms with Crippen molar-refractivity contribution in [2.75, 3.05) is 0 Å². The van der Waals surface area contributed by atoms with Gasteiger partial charge < -0.3 is 11.1 Å². The van der Waals surface area contributed by atoms with Gasteiger partial charge in [-0.15, -0.1) is 6.42 Å². The highest BCUT2D eigenvalue weighted by atomic mass is 19.4. The molecule has 0 radical (unpaired) electrons. The fraction of sp³-hybridized carbons (Fsp3) is 0.700. The van der Waals surface area contributed by atoms with Crippen LogP contribution in [0.5, 0.6) is 0 Å². The van der Waals surface area contributed by atoms with Gasteiger partial charge in [0.05, 0.1) is 6.04 Å². The van der Waals surface area contributed by atoms with Crippen molar-refractivity contribution >= 4 is 5.91 Å². The first-order valence-corrected chi connectivity index (χ1v) is 4.79. The van der Waals surface area contributed by atoms with Gasteiger partial charge in [-0.1, -0.05) is 19.3 Å². The first-order valence-electron chi connectivity index (χ1n) is 4.79. The summed E-state index contributed by atoms with van der Waals surface area (Å²) in [6.07, 6.45) is 1.34. The van der Waals surface area contributed by atoms with Crippen LogP contribution >= 0.6 is 0 Å². The molecule has 0 heterocycles. The summed E-state index contributed by atoms with van der Waals surface area (Å²) in [4.78, 5) is 11.3. The third-order valence-electron chi connectivity index (χ3n) is 2.14. The van der Waals surface area contributed by atoms with Crippen LogP contribution < -0.4 is 11.1 Å². The third-order valence-corrected chi connectivity index (χ3v) is 2.14. The molecule has 3 nitrogen and oxygen atoms in total. The van der Waals surface area contributed by atoms with Crippen LogP contribution in [-0.4, -0.2) is 23.7 Å². The third kappa shape index (κ3) is 3.42. The minimum absolute atomic E-state index is 0.413. The summed E-state index contributed by atoms with van der Waals surface area (Å²) in [5.41, 5.74) is 2.01. The Labute approximate surface area is 92.6 Å². The van der Waals surface area contributed by atoms with Crippen molar-refractivity contribution in [3.05, 3.63) is 0 Å². The maximum Gasteiger partial charge on any atom is 0.415 e. The highest BCUT2D eigenvalue weighted by molar-refractivity contribution is 5.87. The SMILES string of the molecule is C#CC(CCC)NC(=O)C(C)(N)C(F)(F)F. The molecular formula is C10H15F3N2O. The second-order valence-corrected chi connectivity index (χ2v) is 3.68. The number of terminal acetylenes is 1. The molecule has 2 unspecified atom stereocenters. The lowest BCUT2D eigenvalue weighted by Crippen LogP contribution is -2.62. The van der Waals surface area contributed by atoms with E-state index in [1.165, 1.54) is 0 Å². The number of nitrogens with one attached hydrogen (secondary N) is 1. The lowest BCUT2D eigenvalue weighted by molar-refractivity contribution is -0.187. The van der Waals surface area contributed by atoms with Crippen LogP contribution in [0, 0.1) is 12.3 Å². The van der Waals surface area contributed by atoms with Gasteiger partial charge in [-0.2, -0.15) is 13.2 Å². The second kappa shape index (κ2) is 5.21. The van der Waals surface area contributed by atoms with E-state index in [1.54, 1.807) is 0 Å². The lowest BCUT2D eigenvalue weighted by Gasteiger charge is -2.27. The molecule has 16 heavy (non-hydrogen) atoms. The van der Waals surface area contributed by atoms with Gasteiger partial charge in [-0.25, -0.2) is 0 Å². The van der Waals surface area contributed by atoms with E-state index in [0.29, 0.717) is 19.8 Å². The van der Waals surface area contributed by atoms with Gasteiger partial charge in [0.1, 0.15) is 0 Å². The number of nitrogens with two attached hydrogens (primary N) is 1. The number of hydrogen-bond acceptors (Lipinski definition) is 2. The number of amides is 1. The molecule has 0 aromatic carbocycles. The standard InChI is InChI=1S/C10H15F3N2O/c1-4-6-7(5-2)15-8(16)9(3,14)10(11,12)13/h2,7H,4,6,14H2,1,3H3,(H,15,16). The topological polar surface area (TPSA) is 55.1 Å². The summed E-state index contributed by atoms with van der Waals surface area (Å²) in [7, 11) is 0. The van der Waals surface area contributed by atoms with Crippen molar-refractivity contribution in [1.29, 1.82) is 0 Å². The molecule has 0 saturated carbocycles. The van der Waals surface area contributed by atoms with E-state index in [-0.39, 0.29) is 0 Å². The minimum atomic E-state index is -4.80. The first-order chi connectivity index (χ1) is 7.16. The Balaban J connectivity index is 4.64. The van der Waals surface area contributed by atoms with E-state index < -0.39 is 23.7 Å². The molecule has 2 atom stereocenters. The fourth-order valence-corrected chi connectivity index (χ4v) is 0.923. The second-order valence-electron chi connectivity index (χ2n) is 3.68. The Morgan fingerprint density at radius 2 is 2.06 bits per heavy atom. The van der Waals surface area contributed by atoms with E-state index in [0.717, 1.165) is 0 Å². The molecule has 0 aromatic rings. The predicted molar refractivity (Wildman–Crippen MR) is 54.3 cm³/mol. The average Bonchev–Trinajstić information content (AvgIpc) is 2.15. The Hall–Kier alpha value is -1.22. The normalized spacial score (nSPS) is 17.1. The van der Waals surface area contributed by atoms with E-state index in [2.05, 4.69) is 11.2 Å². The summed E-state index contributed by atoms with van der Waals surface area (Å²) in [6.45, 7) is 2.42. The summed E-state index contributed by atoms with van der Waals surface area (Å²) < 4.78 is 37.2. The molecule has 0 fully saturated rings. The Bertz CT molecular complexity index is 291. The molecule has 0 aliphatic heterocycles. The van der Waals surface area contributed by atoms with Crippen molar-refractivity contribution in [3.8, 4) is 12.3 Å². The van der Waals surface area contributed by atoms with E-state index in [1.807, 2.05) is 6.92 Å². The average molecular weight is 236 g/mol. The molecule has 0 saturated heterocycles. The van der Waals surface area contributed by atoms with Crippen molar-refractivity contribution in [2.24, 2.45) is 5.73 Å². The summed E-state index contributed by atoms with van der Waals surface area (Å²) >= 11 is 0. The highest BCUT2D eigenvalue weighted by Crippen LogP contribution is 2.28. The van der Waals surface area contributed by atoms with Crippen molar-refractivity contribution in [3.63, 3.8) is 0 Å². The van der Waals surface area contributed by atoms with Gasteiger partial charge in [-0.05, 0) is 13.3 Å². The molecule has 3 N–H and O–H groups in total. The van der Waals surface area contributed by atoms with Crippen LogP contribution in [0.2, 0.25) is 0 Å². The van der Waals surface area contributed by atoms with Gasteiger partial charge in [0.15, 0.2) is 5.54 Å². The largest absolute Gasteiger partial charge is 0.415 e. The molecule has 0 aliphatic carbocycles. The molecule has 0 rings (SSSR count). The van der Waals surface area contributed by atoms with Crippen LogP contribution in [-0.2, 0) is 4.79 Å². The van der Waals surface area contributed by atoms with E-state index >= 15 is 0 Å². The molecule has 0 spiro atoms. The minimum Gasteiger partial charge on any atom is -0.341 e. The Morgan fingerprint density at radius 3 is 2.38 bits per heavy atom. The van der Waals surface area contributed by atoms with Gasteiger partial charge >= 0.3 is 6.18 Å². The zero-order valence-corrected chi connectivity index (χ0v) is 9.19. The van der Waals surface area contributed by atoms with E-state index in [4.69, 9.17) is 12.2 Å². The number of carbonyl (C=O) groups is 1. The summed E-state index contributed by atoms with van der Waals surface area (Å²) in [5, 5.41) is 2.09. The molecule has 0 aliphatic rings. The summed E-state index contributed by atoms with van der Waals surface area (Å²) in [5.74, 6) is 0.894. The van der Waals surface area contributed by atoms with Gasteiger partial charge in [0.2, 0.25) is 5.91 Å². The van der Waals surface area contributed by atoms with E-state index in [9.17, 15) is 18.0 Å². The van der Waals surface area contributed by atoms with Gasteiger partial charge in [0.25, 0.3) is 0 Å². The number of halogens is 3. The van der Waals surface area contributed by atoms with Crippen LogP contribution in [0.1, 0.15) is 26.7 Å². The number of rotatable bonds is 4. The highest BCUT2D eigenvalue weighted by Gasteiger charge is 2.54.